The highest BCUT2D eigenvalue weighted by Crippen LogP contribution is 2.17. The predicted molar refractivity (Wildman–Crippen MR) is 107 cm³/mol. The molecule has 1 N–H and O–H groups in total. The standard InChI is InChI=1S/C21H24ClFN2O3/c1-3-11-24-21(27)15(2)25(13-16-7-6-8-17(22)12-16)20(26)14-28-19-10-5-4-9-18(19)23/h4-10,12,15H,3,11,13-14H2,1-2H3,(H,24,27). The van der Waals surface area contributed by atoms with Gasteiger partial charge in [-0.3, -0.25) is 9.59 Å². The van der Waals surface area contributed by atoms with Crippen molar-refractivity contribution in [2.24, 2.45) is 0 Å². The fraction of sp³-hybridized carbons (Fsp3) is 0.333. The van der Waals surface area contributed by atoms with Crippen LogP contribution in [0.4, 0.5) is 4.39 Å². The quantitative estimate of drug-likeness (QED) is 0.689. The molecule has 150 valence electrons. The number of rotatable bonds is 9. The topological polar surface area (TPSA) is 58.6 Å². The van der Waals surface area contributed by atoms with Gasteiger partial charge < -0.3 is 15.0 Å². The zero-order chi connectivity index (χ0) is 20.5. The van der Waals surface area contributed by atoms with Crippen LogP contribution in [0.15, 0.2) is 48.5 Å². The molecule has 0 spiro atoms. The summed E-state index contributed by atoms with van der Waals surface area (Å²) >= 11 is 6.03. The Labute approximate surface area is 169 Å². The summed E-state index contributed by atoms with van der Waals surface area (Å²) in [5, 5.41) is 3.33. The summed E-state index contributed by atoms with van der Waals surface area (Å²) in [5.41, 5.74) is 0.780. The molecule has 1 unspecified atom stereocenters. The van der Waals surface area contributed by atoms with Crippen LogP contribution in [-0.2, 0) is 16.1 Å². The maximum Gasteiger partial charge on any atom is 0.261 e. The Kier molecular flexibility index (Phi) is 8.26. The molecule has 0 aliphatic rings. The Hall–Kier alpha value is -2.60. The molecule has 0 aromatic heterocycles. The van der Waals surface area contributed by atoms with E-state index in [2.05, 4.69) is 5.32 Å². The van der Waals surface area contributed by atoms with Gasteiger partial charge in [-0.1, -0.05) is 42.8 Å². The van der Waals surface area contributed by atoms with Crippen molar-refractivity contribution >= 4 is 23.4 Å². The summed E-state index contributed by atoms with van der Waals surface area (Å²) in [7, 11) is 0. The van der Waals surface area contributed by atoms with E-state index >= 15 is 0 Å². The molecule has 0 radical (unpaired) electrons. The number of carbonyl (C=O) groups is 2. The van der Waals surface area contributed by atoms with Gasteiger partial charge in [0.1, 0.15) is 6.04 Å². The zero-order valence-corrected chi connectivity index (χ0v) is 16.7. The number of nitrogens with zero attached hydrogens (tertiary/aromatic N) is 1. The minimum Gasteiger partial charge on any atom is -0.481 e. The van der Waals surface area contributed by atoms with Crippen molar-refractivity contribution in [2.45, 2.75) is 32.9 Å². The first-order valence-electron chi connectivity index (χ1n) is 9.11. The summed E-state index contributed by atoms with van der Waals surface area (Å²) in [5.74, 6) is -1.25. The normalized spacial score (nSPS) is 11.6. The number of benzene rings is 2. The first kappa shape index (κ1) is 21.7. The van der Waals surface area contributed by atoms with E-state index in [9.17, 15) is 14.0 Å². The lowest BCUT2D eigenvalue weighted by atomic mass is 10.1. The highest BCUT2D eigenvalue weighted by Gasteiger charge is 2.26. The SMILES string of the molecule is CCCNC(=O)C(C)N(Cc1cccc(Cl)c1)C(=O)COc1ccccc1F. The molecule has 0 heterocycles. The fourth-order valence-corrected chi connectivity index (χ4v) is 2.81. The van der Waals surface area contributed by atoms with Crippen molar-refractivity contribution in [2.75, 3.05) is 13.2 Å². The molecule has 0 aliphatic carbocycles. The molecule has 28 heavy (non-hydrogen) atoms. The summed E-state index contributed by atoms with van der Waals surface area (Å²) in [6.07, 6.45) is 0.789. The van der Waals surface area contributed by atoms with Gasteiger partial charge in [0, 0.05) is 18.1 Å². The van der Waals surface area contributed by atoms with Crippen LogP contribution in [0, 0.1) is 5.82 Å². The molecule has 2 amide bonds. The Morgan fingerprint density at radius 1 is 1.21 bits per heavy atom. The van der Waals surface area contributed by atoms with E-state index in [4.69, 9.17) is 16.3 Å². The smallest absolute Gasteiger partial charge is 0.261 e. The second kappa shape index (κ2) is 10.7. The molecule has 7 heteroatoms. The lowest BCUT2D eigenvalue weighted by Crippen LogP contribution is -2.49. The van der Waals surface area contributed by atoms with Gasteiger partial charge in [-0.05, 0) is 43.2 Å². The van der Waals surface area contributed by atoms with Crippen LogP contribution in [-0.4, -0.2) is 35.9 Å². The Morgan fingerprint density at radius 2 is 1.96 bits per heavy atom. The van der Waals surface area contributed by atoms with E-state index in [0.29, 0.717) is 11.6 Å². The number of nitrogens with one attached hydrogen (secondary N) is 1. The highest BCUT2D eigenvalue weighted by molar-refractivity contribution is 6.30. The van der Waals surface area contributed by atoms with E-state index in [-0.39, 0.29) is 24.8 Å². The fourth-order valence-electron chi connectivity index (χ4n) is 2.59. The van der Waals surface area contributed by atoms with Crippen molar-refractivity contribution in [1.29, 1.82) is 0 Å². The van der Waals surface area contributed by atoms with Crippen LogP contribution >= 0.6 is 11.6 Å². The van der Waals surface area contributed by atoms with Crippen molar-refractivity contribution in [3.8, 4) is 5.75 Å². The molecule has 0 saturated heterocycles. The average Bonchev–Trinajstić information content (AvgIpc) is 2.69. The van der Waals surface area contributed by atoms with Gasteiger partial charge in [-0.2, -0.15) is 0 Å². The first-order chi connectivity index (χ1) is 13.4. The third-order valence-electron chi connectivity index (χ3n) is 4.15. The maximum absolute atomic E-state index is 13.7. The largest absolute Gasteiger partial charge is 0.481 e. The third-order valence-corrected chi connectivity index (χ3v) is 4.38. The summed E-state index contributed by atoms with van der Waals surface area (Å²) in [4.78, 5) is 26.6. The molecule has 0 fully saturated rings. The van der Waals surface area contributed by atoms with E-state index in [1.54, 1.807) is 31.2 Å². The van der Waals surface area contributed by atoms with Crippen LogP contribution in [0.2, 0.25) is 5.02 Å². The molecule has 2 aromatic carbocycles. The first-order valence-corrected chi connectivity index (χ1v) is 9.49. The molecule has 0 saturated carbocycles. The summed E-state index contributed by atoms with van der Waals surface area (Å²) < 4.78 is 19.1. The number of carbonyl (C=O) groups excluding carboxylic acids is 2. The number of halogens is 2. The van der Waals surface area contributed by atoms with Crippen LogP contribution in [0.1, 0.15) is 25.8 Å². The highest BCUT2D eigenvalue weighted by atomic mass is 35.5. The maximum atomic E-state index is 13.7. The van der Waals surface area contributed by atoms with E-state index in [1.807, 2.05) is 13.0 Å². The minimum absolute atomic E-state index is 0.0124. The molecular weight excluding hydrogens is 383 g/mol. The summed E-state index contributed by atoms with van der Waals surface area (Å²) in [6.45, 7) is 3.92. The molecular formula is C21H24ClFN2O3. The van der Waals surface area contributed by atoms with E-state index in [0.717, 1.165) is 12.0 Å². The molecule has 0 aliphatic heterocycles. The van der Waals surface area contributed by atoms with E-state index in [1.165, 1.54) is 23.1 Å². The van der Waals surface area contributed by atoms with Crippen LogP contribution in [0.3, 0.4) is 0 Å². The van der Waals surface area contributed by atoms with Crippen LogP contribution in [0.25, 0.3) is 0 Å². The van der Waals surface area contributed by atoms with Crippen molar-refractivity contribution < 1.29 is 18.7 Å². The van der Waals surface area contributed by atoms with Gasteiger partial charge in [0.15, 0.2) is 18.2 Å². The van der Waals surface area contributed by atoms with Crippen molar-refractivity contribution in [3.05, 3.63) is 64.9 Å². The van der Waals surface area contributed by atoms with Gasteiger partial charge in [0.05, 0.1) is 0 Å². The van der Waals surface area contributed by atoms with Gasteiger partial charge in [-0.25, -0.2) is 4.39 Å². The van der Waals surface area contributed by atoms with Gasteiger partial charge in [-0.15, -0.1) is 0 Å². The second-order valence-corrected chi connectivity index (χ2v) is 6.77. The number of ether oxygens (including phenoxy) is 1. The summed E-state index contributed by atoms with van der Waals surface area (Å²) in [6, 6.07) is 12.2. The predicted octanol–water partition coefficient (Wildman–Crippen LogP) is 3.80. The molecule has 2 rings (SSSR count). The molecule has 1 atom stereocenters. The monoisotopic (exact) mass is 406 g/mol. The Balaban J connectivity index is 2.14. The number of hydrogen-bond acceptors (Lipinski definition) is 3. The number of amides is 2. The average molecular weight is 407 g/mol. The Morgan fingerprint density at radius 3 is 2.64 bits per heavy atom. The molecule has 2 aromatic rings. The van der Waals surface area contributed by atoms with E-state index < -0.39 is 17.8 Å². The van der Waals surface area contributed by atoms with Gasteiger partial charge in [0.2, 0.25) is 5.91 Å². The number of hydrogen-bond donors (Lipinski definition) is 1. The minimum atomic E-state index is -0.720. The second-order valence-electron chi connectivity index (χ2n) is 6.34. The van der Waals surface area contributed by atoms with Crippen LogP contribution in [0.5, 0.6) is 5.75 Å². The van der Waals surface area contributed by atoms with Crippen LogP contribution < -0.4 is 10.1 Å². The molecule has 0 bridgehead atoms. The van der Waals surface area contributed by atoms with Crippen molar-refractivity contribution in [3.63, 3.8) is 0 Å². The molecule has 5 nitrogen and oxygen atoms in total. The zero-order valence-electron chi connectivity index (χ0n) is 16.0. The Bertz CT molecular complexity index is 816. The lowest BCUT2D eigenvalue weighted by Gasteiger charge is -2.28. The number of para-hydroxylation sites is 1. The van der Waals surface area contributed by atoms with Gasteiger partial charge >= 0.3 is 0 Å². The van der Waals surface area contributed by atoms with Gasteiger partial charge in [0.25, 0.3) is 5.91 Å². The van der Waals surface area contributed by atoms with Crippen molar-refractivity contribution in [1.82, 2.24) is 10.2 Å². The lowest BCUT2D eigenvalue weighted by molar-refractivity contribution is -0.142. The third kappa shape index (κ3) is 6.23.